The van der Waals surface area contributed by atoms with Gasteiger partial charge < -0.3 is 0 Å². The third kappa shape index (κ3) is 2.38. The molecule has 0 saturated heterocycles. The average Bonchev–Trinajstić information content (AvgIpc) is 2.78. The number of hydrogen-bond acceptors (Lipinski definition) is 3. The molecule has 84 valence electrons. The van der Waals surface area contributed by atoms with Gasteiger partial charge in [0.25, 0.3) is 0 Å². The predicted octanol–water partition coefficient (Wildman–Crippen LogP) is 0.841. The number of hydrogen-bond donors (Lipinski definition) is 2. The molecule has 0 radical (unpaired) electrons. The molecule has 1 saturated carbocycles. The molecule has 0 aliphatic heterocycles. The number of nitrogens with one attached hydrogen (secondary N) is 1. The Kier molecular flexibility index (Phi) is 3.07. The van der Waals surface area contributed by atoms with Gasteiger partial charge in [-0.3, -0.25) is 16.0 Å². The van der Waals surface area contributed by atoms with Crippen LogP contribution in [0.2, 0.25) is 0 Å². The zero-order valence-electron chi connectivity index (χ0n) is 9.48. The fourth-order valence-electron chi connectivity index (χ4n) is 2.28. The zero-order valence-corrected chi connectivity index (χ0v) is 9.48. The van der Waals surface area contributed by atoms with Crippen molar-refractivity contribution in [2.45, 2.75) is 32.2 Å². The van der Waals surface area contributed by atoms with Gasteiger partial charge in [-0.1, -0.05) is 6.92 Å². The van der Waals surface area contributed by atoms with Crippen molar-refractivity contribution in [3.8, 4) is 0 Å². The third-order valence-electron chi connectivity index (χ3n) is 3.54. The normalized spacial score (nSPS) is 26.6. The lowest BCUT2D eigenvalue weighted by atomic mass is 10.0. The second-order valence-electron chi connectivity index (χ2n) is 4.63. The van der Waals surface area contributed by atoms with Crippen molar-refractivity contribution in [1.29, 1.82) is 0 Å². The van der Waals surface area contributed by atoms with Crippen LogP contribution in [0.15, 0.2) is 12.3 Å². The van der Waals surface area contributed by atoms with Gasteiger partial charge in [0.1, 0.15) is 0 Å². The number of aryl methyl sites for hydroxylation is 2. The quantitative estimate of drug-likeness (QED) is 0.557. The van der Waals surface area contributed by atoms with Crippen LogP contribution in [0.1, 0.15) is 25.5 Å². The van der Waals surface area contributed by atoms with Gasteiger partial charge in [-0.15, -0.1) is 0 Å². The van der Waals surface area contributed by atoms with Crippen molar-refractivity contribution < 1.29 is 0 Å². The van der Waals surface area contributed by atoms with E-state index in [1.165, 1.54) is 12.1 Å². The fourth-order valence-corrected chi connectivity index (χ4v) is 2.28. The van der Waals surface area contributed by atoms with Crippen LogP contribution in [0.5, 0.6) is 0 Å². The van der Waals surface area contributed by atoms with E-state index in [4.69, 9.17) is 5.84 Å². The lowest BCUT2D eigenvalue weighted by Crippen LogP contribution is -2.37. The Labute approximate surface area is 90.8 Å². The summed E-state index contributed by atoms with van der Waals surface area (Å²) in [5.41, 5.74) is 4.23. The maximum absolute atomic E-state index is 5.58. The van der Waals surface area contributed by atoms with E-state index in [2.05, 4.69) is 23.5 Å². The van der Waals surface area contributed by atoms with Crippen LogP contribution in [0.3, 0.4) is 0 Å². The van der Waals surface area contributed by atoms with Crippen LogP contribution in [0.4, 0.5) is 0 Å². The van der Waals surface area contributed by atoms with E-state index in [9.17, 15) is 0 Å². The molecule has 3 unspecified atom stereocenters. The molecule has 4 nitrogen and oxygen atoms in total. The fraction of sp³-hybridized carbons (Fsp3) is 0.727. The summed E-state index contributed by atoms with van der Waals surface area (Å²) in [6.07, 6.45) is 5.32. The summed E-state index contributed by atoms with van der Waals surface area (Å²) in [6.45, 7) is 2.29. The minimum atomic E-state index is 0.467. The average molecular weight is 208 g/mol. The summed E-state index contributed by atoms with van der Waals surface area (Å²) in [6, 6.07) is 2.54. The Morgan fingerprint density at radius 1 is 1.73 bits per heavy atom. The molecule has 0 spiro atoms. The van der Waals surface area contributed by atoms with Crippen LogP contribution in [-0.2, 0) is 13.5 Å². The number of nitrogens with zero attached hydrogens (tertiary/aromatic N) is 2. The van der Waals surface area contributed by atoms with Crippen molar-refractivity contribution in [2.75, 3.05) is 0 Å². The molecule has 0 bridgehead atoms. The maximum atomic E-state index is 5.58. The van der Waals surface area contributed by atoms with E-state index < -0.39 is 0 Å². The molecule has 4 heteroatoms. The molecule has 1 aromatic heterocycles. The van der Waals surface area contributed by atoms with Gasteiger partial charge in [0.15, 0.2) is 0 Å². The predicted molar refractivity (Wildman–Crippen MR) is 59.9 cm³/mol. The van der Waals surface area contributed by atoms with Gasteiger partial charge in [0.2, 0.25) is 0 Å². The number of aromatic nitrogens is 2. The largest absolute Gasteiger partial charge is 0.273 e. The van der Waals surface area contributed by atoms with Gasteiger partial charge in [0.05, 0.1) is 0 Å². The van der Waals surface area contributed by atoms with E-state index >= 15 is 0 Å². The lowest BCUT2D eigenvalue weighted by Gasteiger charge is -2.15. The summed E-state index contributed by atoms with van der Waals surface area (Å²) in [4.78, 5) is 0. The summed E-state index contributed by atoms with van der Waals surface area (Å²) < 4.78 is 1.93. The van der Waals surface area contributed by atoms with E-state index in [1.54, 1.807) is 0 Å². The van der Waals surface area contributed by atoms with E-state index in [-0.39, 0.29) is 0 Å². The second-order valence-corrected chi connectivity index (χ2v) is 4.63. The Bertz CT molecular complexity index is 320. The SMILES string of the molecule is CC1CC1C(CCc1ccnn1C)NN. The first-order chi connectivity index (χ1) is 7.22. The van der Waals surface area contributed by atoms with Crippen molar-refractivity contribution in [1.82, 2.24) is 15.2 Å². The Morgan fingerprint density at radius 3 is 2.93 bits per heavy atom. The topological polar surface area (TPSA) is 55.9 Å². The van der Waals surface area contributed by atoms with Gasteiger partial charge in [-0.25, -0.2) is 0 Å². The highest BCUT2D eigenvalue weighted by Gasteiger charge is 2.38. The molecule has 1 aromatic rings. The smallest absolute Gasteiger partial charge is 0.0492 e. The molecule has 15 heavy (non-hydrogen) atoms. The van der Waals surface area contributed by atoms with Gasteiger partial charge in [0, 0.05) is 25.0 Å². The number of hydrazine groups is 1. The first-order valence-corrected chi connectivity index (χ1v) is 5.65. The Hall–Kier alpha value is -0.870. The first kappa shape index (κ1) is 10.6. The molecule has 1 aliphatic rings. The highest BCUT2D eigenvalue weighted by molar-refractivity contribution is 5.02. The highest BCUT2D eigenvalue weighted by atomic mass is 15.3. The van der Waals surface area contributed by atoms with Crippen LogP contribution >= 0.6 is 0 Å². The van der Waals surface area contributed by atoms with E-state index in [0.29, 0.717) is 6.04 Å². The molecule has 3 atom stereocenters. The first-order valence-electron chi connectivity index (χ1n) is 5.65. The number of nitrogens with two attached hydrogens (primary N) is 1. The molecule has 0 aromatic carbocycles. The summed E-state index contributed by atoms with van der Waals surface area (Å²) in [5.74, 6) is 7.21. The minimum Gasteiger partial charge on any atom is -0.273 e. The van der Waals surface area contributed by atoms with Crippen molar-refractivity contribution in [3.63, 3.8) is 0 Å². The van der Waals surface area contributed by atoms with E-state index in [1.807, 2.05) is 17.9 Å². The molecule has 0 amide bonds. The molecule has 3 N–H and O–H groups in total. The van der Waals surface area contributed by atoms with Gasteiger partial charge >= 0.3 is 0 Å². The van der Waals surface area contributed by atoms with Crippen molar-refractivity contribution in [2.24, 2.45) is 24.7 Å². The third-order valence-corrected chi connectivity index (χ3v) is 3.54. The van der Waals surface area contributed by atoms with Crippen LogP contribution in [0, 0.1) is 11.8 Å². The molecule has 1 aliphatic carbocycles. The minimum absolute atomic E-state index is 0.467. The Balaban J connectivity index is 1.84. The molecular formula is C11H20N4. The van der Waals surface area contributed by atoms with Crippen LogP contribution < -0.4 is 11.3 Å². The van der Waals surface area contributed by atoms with Crippen molar-refractivity contribution >= 4 is 0 Å². The van der Waals surface area contributed by atoms with Crippen LogP contribution in [-0.4, -0.2) is 15.8 Å². The summed E-state index contributed by atoms with van der Waals surface area (Å²) in [5, 5.41) is 4.16. The maximum Gasteiger partial charge on any atom is 0.0492 e. The zero-order chi connectivity index (χ0) is 10.8. The Morgan fingerprint density at radius 2 is 2.47 bits per heavy atom. The molecule has 2 rings (SSSR count). The van der Waals surface area contributed by atoms with E-state index in [0.717, 1.165) is 24.7 Å². The van der Waals surface area contributed by atoms with Crippen LogP contribution in [0.25, 0.3) is 0 Å². The second kappa shape index (κ2) is 4.33. The monoisotopic (exact) mass is 208 g/mol. The van der Waals surface area contributed by atoms with Gasteiger partial charge in [-0.2, -0.15) is 5.10 Å². The highest BCUT2D eigenvalue weighted by Crippen LogP contribution is 2.41. The summed E-state index contributed by atoms with van der Waals surface area (Å²) >= 11 is 0. The standard InChI is InChI=1S/C11H20N4/c1-8-7-10(8)11(14-12)4-3-9-5-6-13-15(9)2/h5-6,8,10-11,14H,3-4,7,12H2,1-2H3. The molecular weight excluding hydrogens is 188 g/mol. The molecule has 1 fully saturated rings. The van der Waals surface area contributed by atoms with Gasteiger partial charge in [-0.05, 0) is 37.2 Å². The summed E-state index contributed by atoms with van der Waals surface area (Å²) in [7, 11) is 1.99. The number of rotatable bonds is 5. The van der Waals surface area contributed by atoms with Crippen molar-refractivity contribution in [3.05, 3.63) is 18.0 Å². The molecule has 1 heterocycles. The lowest BCUT2D eigenvalue weighted by molar-refractivity contribution is 0.425.